The number of amides is 1. The molecule has 0 unspecified atom stereocenters. The van der Waals surface area contributed by atoms with Crippen LogP contribution in [0, 0.1) is 5.92 Å². The highest BCUT2D eigenvalue weighted by atomic mass is 19.4. The molecule has 1 amide bonds. The molecule has 0 atom stereocenters. The second kappa shape index (κ2) is 9.47. The van der Waals surface area contributed by atoms with E-state index in [9.17, 15) is 18.0 Å². The molecule has 1 aromatic carbocycles. The first kappa shape index (κ1) is 24.5. The van der Waals surface area contributed by atoms with Gasteiger partial charge in [0.25, 0.3) is 0 Å². The highest BCUT2D eigenvalue weighted by Crippen LogP contribution is 2.50. The van der Waals surface area contributed by atoms with E-state index in [4.69, 9.17) is 4.74 Å². The first-order chi connectivity index (χ1) is 17.8. The molecule has 1 saturated heterocycles. The Bertz CT molecular complexity index is 1150. The molecule has 2 aliphatic carbocycles. The zero-order valence-corrected chi connectivity index (χ0v) is 20.7. The maximum atomic E-state index is 14.0. The van der Waals surface area contributed by atoms with Gasteiger partial charge in [0.05, 0.1) is 31.1 Å². The minimum atomic E-state index is -4.22. The van der Waals surface area contributed by atoms with Crippen LogP contribution in [0.3, 0.4) is 0 Å². The number of nitrogens with zero attached hydrogens (tertiary/aromatic N) is 3. The van der Waals surface area contributed by atoms with Crippen molar-refractivity contribution in [3.63, 3.8) is 0 Å². The highest BCUT2D eigenvalue weighted by molar-refractivity contribution is 6.00. The minimum Gasteiger partial charge on any atom is -0.378 e. The predicted octanol–water partition coefficient (Wildman–Crippen LogP) is 4.75. The van der Waals surface area contributed by atoms with Gasteiger partial charge in [-0.25, -0.2) is 4.98 Å². The molecule has 1 aromatic heterocycles. The summed E-state index contributed by atoms with van der Waals surface area (Å²) < 4.78 is 45.8. The summed E-state index contributed by atoms with van der Waals surface area (Å²) in [6.07, 6.45) is 0.0878. The van der Waals surface area contributed by atoms with Crippen LogP contribution < -0.4 is 20.4 Å². The van der Waals surface area contributed by atoms with Crippen molar-refractivity contribution in [2.75, 3.05) is 41.4 Å². The van der Waals surface area contributed by atoms with Crippen molar-refractivity contribution in [3.05, 3.63) is 42.1 Å². The molecule has 10 heteroatoms. The van der Waals surface area contributed by atoms with Crippen LogP contribution in [0.1, 0.15) is 44.1 Å². The number of morpholine rings is 1. The van der Waals surface area contributed by atoms with Crippen LogP contribution in [0.5, 0.6) is 0 Å². The summed E-state index contributed by atoms with van der Waals surface area (Å²) in [4.78, 5) is 22.6. The molecular formula is C27H32F3N5O2. The number of alkyl halides is 3. The third kappa shape index (κ3) is 4.77. The third-order valence-electron chi connectivity index (χ3n) is 8.24. The number of ether oxygens (including phenoxy) is 1. The molecule has 2 N–H and O–H groups in total. The van der Waals surface area contributed by atoms with Crippen molar-refractivity contribution in [2.24, 2.45) is 5.92 Å². The fourth-order valence-electron chi connectivity index (χ4n) is 5.86. The van der Waals surface area contributed by atoms with Crippen LogP contribution in [0.2, 0.25) is 0 Å². The van der Waals surface area contributed by atoms with Crippen molar-refractivity contribution in [1.82, 2.24) is 10.3 Å². The number of hydrogen-bond acceptors (Lipinski definition) is 6. The Morgan fingerprint density at radius 3 is 2.57 bits per heavy atom. The van der Waals surface area contributed by atoms with E-state index in [1.165, 1.54) is 0 Å². The van der Waals surface area contributed by atoms with Gasteiger partial charge in [-0.1, -0.05) is 6.07 Å². The first-order valence-corrected chi connectivity index (χ1v) is 13.2. The van der Waals surface area contributed by atoms with Crippen LogP contribution in [-0.2, 0) is 16.1 Å². The number of benzene rings is 1. The molecule has 2 aliphatic heterocycles. The number of rotatable bonds is 4. The average molecular weight is 516 g/mol. The van der Waals surface area contributed by atoms with E-state index >= 15 is 0 Å². The van der Waals surface area contributed by atoms with Gasteiger partial charge in [-0.15, -0.1) is 0 Å². The third-order valence-corrected chi connectivity index (χ3v) is 8.24. The largest absolute Gasteiger partial charge is 0.406 e. The molecule has 3 heterocycles. The molecule has 7 nitrogen and oxygen atoms in total. The molecule has 6 rings (SSSR count). The van der Waals surface area contributed by atoms with E-state index < -0.39 is 11.7 Å². The molecule has 0 spiro atoms. The number of halogens is 3. The van der Waals surface area contributed by atoms with Gasteiger partial charge in [0.2, 0.25) is 5.91 Å². The van der Waals surface area contributed by atoms with Crippen LogP contribution in [0.25, 0.3) is 0 Å². The van der Waals surface area contributed by atoms with Crippen molar-refractivity contribution < 1.29 is 22.7 Å². The normalized spacial score (nSPS) is 24.9. The summed E-state index contributed by atoms with van der Waals surface area (Å²) in [5, 5.41) is 6.29. The Morgan fingerprint density at radius 1 is 1.11 bits per heavy atom. The number of aromatic nitrogens is 1. The SMILES string of the molecule is O=C(C1CCC(NC2(C(F)(F)F)CC2)CC1)N1Cc2cccnc2Nc2ccc(N3CCOCC3)cc21. The Morgan fingerprint density at radius 2 is 1.86 bits per heavy atom. The van der Waals surface area contributed by atoms with Gasteiger partial charge in [-0.05, 0) is 62.8 Å². The number of hydrogen-bond donors (Lipinski definition) is 2. The van der Waals surface area contributed by atoms with Crippen LogP contribution in [0.4, 0.5) is 36.1 Å². The first-order valence-electron chi connectivity index (χ1n) is 13.2. The lowest BCUT2D eigenvalue weighted by Crippen LogP contribution is -2.51. The van der Waals surface area contributed by atoms with E-state index in [1.807, 2.05) is 23.1 Å². The average Bonchev–Trinajstić information content (AvgIpc) is 3.72. The number of fused-ring (bicyclic) bond motifs is 2. The Labute approximate surface area is 214 Å². The molecule has 0 bridgehead atoms. The Hall–Kier alpha value is -2.85. The smallest absolute Gasteiger partial charge is 0.378 e. The zero-order chi connectivity index (χ0) is 25.6. The molecule has 3 fully saturated rings. The molecule has 37 heavy (non-hydrogen) atoms. The molecular weight excluding hydrogens is 483 g/mol. The van der Waals surface area contributed by atoms with Crippen molar-refractivity contribution in [1.29, 1.82) is 0 Å². The number of carbonyl (C=O) groups excluding carboxylic acids is 1. The van der Waals surface area contributed by atoms with Crippen LogP contribution >= 0.6 is 0 Å². The van der Waals surface area contributed by atoms with Gasteiger partial charge in [-0.2, -0.15) is 13.2 Å². The summed E-state index contributed by atoms with van der Waals surface area (Å²) in [5.74, 6) is 0.527. The highest BCUT2D eigenvalue weighted by Gasteiger charge is 2.63. The standard InChI is InChI=1S/C27H32F3N5O2/c28-27(29,30)26(9-10-26)33-20-5-3-18(4-6-20)25(36)35-17-19-2-1-11-31-24(19)32-22-8-7-21(16-23(22)35)34-12-14-37-15-13-34/h1-2,7-8,11,16,18,20,33H,3-6,9-10,12-15,17H2,(H,31,32). The number of pyridine rings is 1. The lowest BCUT2D eigenvalue weighted by atomic mass is 9.84. The van der Waals surface area contributed by atoms with Crippen molar-refractivity contribution in [2.45, 2.75) is 62.8 Å². The topological polar surface area (TPSA) is 69.7 Å². The van der Waals surface area contributed by atoms with Gasteiger partial charge >= 0.3 is 6.18 Å². The van der Waals surface area contributed by atoms with E-state index in [0.29, 0.717) is 45.4 Å². The van der Waals surface area contributed by atoms with Gasteiger partial charge < -0.3 is 25.2 Å². The van der Waals surface area contributed by atoms with Crippen molar-refractivity contribution in [3.8, 4) is 0 Å². The summed E-state index contributed by atoms with van der Waals surface area (Å²) in [7, 11) is 0. The zero-order valence-electron chi connectivity index (χ0n) is 20.7. The lowest BCUT2D eigenvalue weighted by molar-refractivity contribution is -0.168. The monoisotopic (exact) mass is 515 g/mol. The van der Waals surface area contributed by atoms with Gasteiger partial charge in [0.1, 0.15) is 11.4 Å². The Kier molecular flexibility index (Phi) is 6.27. The number of nitrogens with one attached hydrogen (secondary N) is 2. The van der Waals surface area contributed by atoms with E-state index in [-0.39, 0.29) is 30.7 Å². The Balaban J connectivity index is 1.23. The summed E-state index contributed by atoms with van der Waals surface area (Å²) in [6, 6.07) is 9.74. The second-order valence-electron chi connectivity index (χ2n) is 10.6. The van der Waals surface area contributed by atoms with Crippen LogP contribution in [-0.4, -0.2) is 55.0 Å². The summed E-state index contributed by atoms with van der Waals surface area (Å²) in [6.45, 7) is 3.31. The van der Waals surface area contributed by atoms with E-state index in [1.54, 1.807) is 6.20 Å². The minimum absolute atomic E-state index is 0.0225. The summed E-state index contributed by atoms with van der Waals surface area (Å²) >= 11 is 0. The molecule has 4 aliphatic rings. The number of carbonyl (C=O) groups is 1. The van der Waals surface area contributed by atoms with E-state index in [0.717, 1.165) is 41.5 Å². The van der Waals surface area contributed by atoms with Gasteiger partial charge in [-0.3, -0.25) is 4.79 Å². The maximum absolute atomic E-state index is 14.0. The quantitative estimate of drug-likeness (QED) is 0.613. The predicted molar refractivity (Wildman–Crippen MR) is 135 cm³/mol. The van der Waals surface area contributed by atoms with Crippen molar-refractivity contribution >= 4 is 28.8 Å². The maximum Gasteiger partial charge on any atom is 0.406 e. The molecule has 0 radical (unpaired) electrons. The second-order valence-corrected chi connectivity index (χ2v) is 10.6. The number of anilines is 4. The van der Waals surface area contributed by atoms with Gasteiger partial charge in [0.15, 0.2) is 0 Å². The van der Waals surface area contributed by atoms with Gasteiger partial charge in [0, 0.05) is 42.5 Å². The fraction of sp³-hybridized carbons (Fsp3) is 0.556. The molecule has 198 valence electrons. The van der Waals surface area contributed by atoms with Crippen LogP contribution in [0.15, 0.2) is 36.5 Å². The lowest BCUT2D eigenvalue weighted by Gasteiger charge is -2.35. The molecule has 2 aromatic rings. The fourth-order valence-corrected chi connectivity index (χ4v) is 5.86. The molecule has 2 saturated carbocycles. The summed E-state index contributed by atoms with van der Waals surface area (Å²) in [5.41, 5.74) is 1.88. The van der Waals surface area contributed by atoms with E-state index in [2.05, 4.69) is 32.7 Å².